The molecule has 0 radical (unpaired) electrons. The van der Waals surface area contributed by atoms with Crippen LogP contribution < -0.4 is 5.32 Å². The number of aryl methyl sites for hydroxylation is 1. The first-order chi connectivity index (χ1) is 6.50. The lowest BCUT2D eigenvalue weighted by molar-refractivity contribution is -0.117. The van der Waals surface area contributed by atoms with Crippen molar-refractivity contribution in [2.75, 3.05) is 5.32 Å². The van der Waals surface area contributed by atoms with E-state index in [0.29, 0.717) is 6.42 Å². The Labute approximate surface area is 84.3 Å². The van der Waals surface area contributed by atoms with Crippen molar-refractivity contribution in [2.24, 2.45) is 0 Å². The minimum absolute atomic E-state index is 0.0380. The lowest BCUT2D eigenvalue weighted by Gasteiger charge is -2.32. The van der Waals surface area contributed by atoms with Crippen LogP contribution in [0.5, 0.6) is 0 Å². The summed E-state index contributed by atoms with van der Waals surface area (Å²) in [4.78, 5) is 11.5. The Balaban J connectivity index is 2.63. The third kappa shape index (κ3) is 1.31. The second-order valence-electron chi connectivity index (χ2n) is 4.61. The van der Waals surface area contributed by atoms with Gasteiger partial charge < -0.3 is 5.32 Å². The van der Waals surface area contributed by atoms with Crippen molar-refractivity contribution in [2.45, 2.75) is 32.6 Å². The van der Waals surface area contributed by atoms with Gasteiger partial charge in [-0.1, -0.05) is 32.0 Å². The smallest absolute Gasteiger partial charge is 0.225 e. The average Bonchev–Trinajstić information content (AvgIpc) is 2.05. The number of carbonyl (C=O) groups is 1. The summed E-state index contributed by atoms with van der Waals surface area (Å²) in [5.74, 6) is 0.122. The monoisotopic (exact) mass is 189 g/mol. The Morgan fingerprint density at radius 2 is 2.07 bits per heavy atom. The summed E-state index contributed by atoms with van der Waals surface area (Å²) in [6, 6.07) is 6.18. The lowest BCUT2D eigenvalue weighted by atomic mass is 9.77. The second kappa shape index (κ2) is 2.84. The van der Waals surface area contributed by atoms with Gasteiger partial charge in [0.1, 0.15) is 0 Å². The van der Waals surface area contributed by atoms with Gasteiger partial charge >= 0.3 is 0 Å². The van der Waals surface area contributed by atoms with Gasteiger partial charge in [-0.25, -0.2) is 0 Å². The normalized spacial score (nSPS) is 18.6. The van der Waals surface area contributed by atoms with Gasteiger partial charge in [-0.05, 0) is 18.1 Å². The van der Waals surface area contributed by atoms with Gasteiger partial charge in [-0.3, -0.25) is 4.79 Å². The minimum atomic E-state index is -0.0380. The van der Waals surface area contributed by atoms with Crippen LogP contribution in [-0.2, 0) is 10.2 Å². The standard InChI is InChI=1S/C12H15NO/c1-8-5-4-6-9-11(8)13-10(14)7-12(9,2)3/h4-6H,7H2,1-3H3,(H,13,14). The van der Waals surface area contributed by atoms with Gasteiger partial charge in [0.25, 0.3) is 0 Å². The van der Waals surface area contributed by atoms with Crippen molar-refractivity contribution < 1.29 is 4.79 Å². The van der Waals surface area contributed by atoms with Crippen LogP contribution in [0.15, 0.2) is 18.2 Å². The van der Waals surface area contributed by atoms with E-state index < -0.39 is 0 Å². The summed E-state index contributed by atoms with van der Waals surface area (Å²) in [6.45, 7) is 6.26. The van der Waals surface area contributed by atoms with Crippen LogP contribution in [0.3, 0.4) is 0 Å². The number of anilines is 1. The second-order valence-corrected chi connectivity index (χ2v) is 4.61. The highest BCUT2D eigenvalue weighted by atomic mass is 16.1. The molecule has 0 fully saturated rings. The van der Waals surface area contributed by atoms with Crippen LogP contribution in [0, 0.1) is 6.92 Å². The molecule has 1 aromatic rings. The molecule has 1 heterocycles. The summed E-state index contributed by atoms with van der Waals surface area (Å²) in [5, 5.41) is 2.94. The van der Waals surface area contributed by atoms with Crippen molar-refractivity contribution >= 4 is 11.6 Å². The molecule has 1 N–H and O–H groups in total. The largest absolute Gasteiger partial charge is 0.326 e. The number of carbonyl (C=O) groups excluding carboxylic acids is 1. The summed E-state index contributed by atoms with van der Waals surface area (Å²) in [7, 11) is 0. The Hall–Kier alpha value is -1.31. The van der Waals surface area contributed by atoms with Gasteiger partial charge in [0.2, 0.25) is 5.91 Å². The lowest BCUT2D eigenvalue weighted by Crippen LogP contribution is -2.32. The van der Waals surface area contributed by atoms with Gasteiger partial charge in [0.15, 0.2) is 0 Å². The molecule has 74 valence electrons. The molecule has 0 unspecified atom stereocenters. The average molecular weight is 189 g/mol. The molecule has 0 bridgehead atoms. The summed E-state index contributed by atoms with van der Waals surface area (Å²) in [5.41, 5.74) is 3.36. The van der Waals surface area contributed by atoms with E-state index in [2.05, 4.69) is 25.2 Å². The highest BCUT2D eigenvalue weighted by Crippen LogP contribution is 2.38. The fourth-order valence-corrected chi connectivity index (χ4v) is 2.08. The van der Waals surface area contributed by atoms with Crippen LogP contribution in [0.1, 0.15) is 31.4 Å². The Morgan fingerprint density at radius 3 is 2.79 bits per heavy atom. The molecule has 0 atom stereocenters. The van der Waals surface area contributed by atoms with Gasteiger partial charge in [-0.15, -0.1) is 0 Å². The molecule has 1 aliphatic heterocycles. The Morgan fingerprint density at radius 1 is 1.36 bits per heavy atom. The predicted octanol–water partition coefficient (Wildman–Crippen LogP) is 2.61. The van der Waals surface area contributed by atoms with Crippen LogP contribution in [0.2, 0.25) is 0 Å². The zero-order valence-electron chi connectivity index (χ0n) is 8.85. The SMILES string of the molecule is Cc1cccc2c1NC(=O)CC2(C)C. The molecular formula is C12H15NO. The third-order valence-corrected chi connectivity index (χ3v) is 2.87. The molecule has 0 spiro atoms. The number of nitrogens with one attached hydrogen (secondary N) is 1. The number of fused-ring (bicyclic) bond motifs is 1. The van der Waals surface area contributed by atoms with E-state index in [1.165, 1.54) is 5.56 Å². The molecule has 1 amide bonds. The molecule has 1 aliphatic rings. The Bertz CT molecular complexity index is 393. The van der Waals surface area contributed by atoms with Gasteiger partial charge in [0, 0.05) is 17.5 Å². The summed E-state index contributed by atoms with van der Waals surface area (Å²) < 4.78 is 0. The van der Waals surface area contributed by atoms with E-state index in [1.54, 1.807) is 0 Å². The number of benzene rings is 1. The quantitative estimate of drug-likeness (QED) is 0.667. The third-order valence-electron chi connectivity index (χ3n) is 2.87. The topological polar surface area (TPSA) is 29.1 Å². The number of hydrogen-bond donors (Lipinski definition) is 1. The molecule has 0 saturated carbocycles. The van der Waals surface area contributed by atoms with E-state index in [0.717, 1.165) is 11.3 Å². The van der Waals surface area contributed by atoms with E-state index in [1.807, 2.05) is 19.1 Å². The van der Waals surface area contributed by atoms with Crippen molar-refractivity contribution in [3.05, 3.63) is 29.3 Å². The highest BCUT2D eigenvalue weighted by Gasteiger charge is 2.32. The van der Waals surface area contributed by atoms with Crippen molar-refractivity contribution in [1.82, 2.24) is 0 Å². The number of rotatable bonds is 0. The molecule has 1 aromatic carbocycles. The highest BCUT2D eigenvalue weighted by molar-refractivity contribution is 5.96. The van der Waals surface area contributed by atoms with Crippen LogP contribution >= 0.6 is 0 Å². The molecule has 0 aromatic heterocycles. The van der Waals surface area contributed by atoms with E-state index in [9.17, 15) is 4.79 Å². The fourth-order valence-electron chi connectivity index (χ4n) is 2.08. The van der Waals surface area contributed by atoms with Crippen molar-refractivity contribution in [1.29, 1.82) is 0 Å². The zero-order chi connectivity index (χ0) is 10.3. The molecular weight excluding hydrogens is 174 g/mol. The van der Waals surface area contributed by atoms with Crippen molar-refractivity contribution in [3.8, 4) is 0 Å². The van der Waals surface area contributed by atoms with E-state index in [4.69, 9.17) is 0 Å². The summed E-state index contributed by atoms with van der Waals surface area (Å²) >= 11 is 0. The van der Waals surface area contributed by atoms with E-state index >= 15 is 0 Å². The number of para-hydroxylation sites is 1. The van der Waals surface area contributed by atoms with Gasteiger partial charge in [-0.2, -0.15) is 0 Å². The molecule has 0 aliphatic carbocycles. The minimum Gasteiger partial charge on any atom is -0.326 e. The van der Waals surface area contributed by atoms with E-state index in [-0.39, 0.29) is 11.3 Å². The maximum absolute atomic E-state index is 11.5. The number of hydrogen-bond acceptors (Lipinski definition) is 1. The fraction of sp³-hybridized carbons (Fsp3) is 0.417. The maximum atomic E-state index is 11.5. The van der Waals surface area contributed by atoms with Crippen LogP contribution in [0.4, 0.5) is 5.69 Å². The maximum Gasteiger partial charge on any atom is 0.225 e. The molecule has 14 heavy (non-hydrogen) atoms. The first-order valence-corrected chi connectivity index (χ1v) is 4.91. The first kappa shape index (κ1) is 9.25. The molecule has 0 saturated heterocycles. The number of amides is 1. The van der Waals surface area contributed by atoms with Gasteiger partial charge in [0.05, 0.1) is 0 Å². The molecule has 2 nitrogen and oxygen atoms in total. The summed E-state index contributed by atoms with van der Waals surface area (Å²) in [6.07, 6.45) is 0.573. The first-order valence-electron chi connectivity index (χ1n) is 4.91. The zero-order valence-corrected chi connectivity index (χ0v) is 8.85. The van der Waals surface area contributed by atoms with Crippen LogP contribution in [0.25, 0.3) is 0 Å². The predicted molar refractivity (Wildman–Crippen MR) is 57.5 cm³/mol. The molecule has 2 heteroatoms. The Kier molecular flexibility index (Phi) is 1.88. The van der Waals surface area contributed by atoms with Crippen LogP contribution in [-0.4, -0.2) is 5.91 Å². The van der Waals surface area contributed by atoms with Crippen molar-refractivity contribution in [3.63, 3.8) is 0 Å². The molecule has 2 rings (SSSR count).